The summed E-state index contributed by atoms with van der Waals surface area (Å²) < 4.78 is 0. The number of ketones is 1. The van der Waals surface area contributed by atoms with Gasteiger partial charge in [0.25, 0.3) is 0 Å². The fourth-order valence-electron chi connectivity index (χ4n) is 2.09. The fraction of sp³-hybridized carbons (Fsp3) is 0.308. The molecule has 2 rings (SSSR count). The Bertz CT molecular complexity index is 399. The number of fused-ring (bicyclic) bond motifs is 1. The highest BCUT2D eigenvalue weighted by atomic mass is 16.1. The number of likely N-dealkylation sites (N-methyl/N-ethyl adjacent to an activating group) is 1. The summed E-state index contributed by atoms with van der Waals surface area (Å²) in [6.07, 6.45) is 13.0. The first-order valence-corrected chi connectivity index (χ1v) is 5.18. The van der Waals surface area contributed by atoms with Crippen molar-refractivity contribution in [3.05, 3.63) is 47.7 Å². The van der Waals surface area contributed by atoms with Gasteiger partial charge in [-0.2, -0.15) is 0 Å². The first-order chi connectivity index (χ1) is 7.20. The van der Waals surface area contributed by atoms with Crippen LogP contribution in [-0.4, -0.2) is 23.8 Å². The van der Waals surface area contributed by atoms with Crippen molar-refractivity contribution in [1.82, 2.24) is 4.90 Å². The van der Waals surface area contributed by atoms with Gasteiger partial charge in [0.2, 0.25) is 0 Å². The molecule has 78 valence electrons. The maximum absolute atomic E-state index is 11.4. The van der Waals surface area contributed by atoms with Gasteiger partial charge in [0, 0.05) is 19.2 Å². The first-order valence-electron chi connectivity index (χ1n) is 5.18. The second-order valence-electron chi connectivity index (χ2n) is 3.96. The number of rotatable bonds is 1. The van der Waals surface area contributed by atoms with Gasteiger partial charge < -0.3 is 4.90 Å². The SMILES string of the molecule is CC(=O)C1CC2=CC=CC=CC=C2N1C. The summed E-state index contributed by atoms with van der Waals surface area (Å²) in [5.74, 6) is 0.235. The maximum atomic E-state index is 11.4. The zero-order valence-electron chi connectivity index (χ0n) is 9.10. The summed E-state index contributed by atoms with van der Waals surface area (Å²) in [4.78, 5) is 13.5. The van der Waals surface area contributed by atoms with Crippen molar-refractivity contribution in [2.45, 2.75) is 19.4 Å². The zero-order valence-corrected chi connectivity index (χ0v) is 9.10. The molecule has 2 nitrogen and oxygen atoms in total. The number of Topliss-reactive ketones (excluding diaryl/α,β-unsaturated/α-hetero) is 1. The lowest BCUT2D eigenvalue weighted by molar-refractivity contribution is -0.120. The lowest BCUT2D eigenvalue weighted by Gasteiger charge is -2.19. The minimum Gasteiger partial charge on any atom is -0.364 e. The molecule has 1 aliphatic heterocycles. The monoisotopic (exact) mass is 201 g/mol. The molecule has 0 aromatic rings. The first kappa shape index (κ1) is 9.97. The van der Waals surface area contributed by atoms with Crippen molar-refractivity contribution in [3.63, 3.8) is 0 Å². The molecule has 0 amide bonds. The third kappa shape index (κ3) is 1.80. The maximum Gasteiger partial charge on any atom is 0.152 e. The van der Waals surface area contributed by atoms with Crippen molar-refractivity contribution in [3.8, 4) is 0 Å². The van der Waals surface area contributed by atoms with Crippen LogP contribution in [0.25, 0.3) is 0 Å². The fourth-order valence-corrected chi connectivity index (χ4v) is 2.09. The molecule has 2 heteroatoms. The molecule has 0 saturated carbocycles. The van der Waals surface area contributed by atoms with Crippen LogP contribution < -0.4 is 0 Å². The number of hydrogen-bond acceptors (Lipinski definition) is 2. The molecular weight excluding hydrogens is 186 g/mol. The van der Waals surface area contributed by atoms with Gasteiger partial charge in [0.05, 0.1) is 6.04 Å². The molecule has 1 saturated heterocycles. The zero-order chi connectivity index (χ0) is 10.8. The molecule has 1 unspecified atom stereocenters. The number of carbonyl (C=O) groups excluding carboxylic acids is 1. The van der Waals surface area contributed by atoms with Gasteiger partial charge in [-0.25, -0.2) is 0 Å². The van der Waals surface area contributed by atoms with E-state index < -0.39 is 0 Å². The Morgan fingerprint density at radius 2 is 1.93 bits per heavy atom. The van der Waals surface area contributed by atoms with Crippen LogP contribution in [0.4, 0.5) is 0 Å². The Hall–Kier alpha value is -1.57. The van der Waals surface area contributed by atoms with Crippen LogP contribution in [0.2, 0.25) is 0 Å². The van der Waals surface area contributed by atoms with E-state index in [1.807, 2.05) is 31.4 Å². The smallest absolute Gasteiger partial charge is 0.152 e. The van der Waals surface area contributed by atoms with E-state index in [9.17, 15) is 4.79 Å². The van der Waals surface area contributed by atoms with Gasteiger partial charge in [-0.1, -0.05) is 30.4 Å². The Kier molecular flexibility index (Phi) is 2.58. The Balaban J connectivity index is 2.37. The second kappa shape index (κ2) is 3.89. The lowest BCUT2D eigenvalue weighted by Crippen LogP contribution is -2.30. The molecule has 1 heterocycles. The molecule has 0 aromatic carbocycles. The minimum absolute atomic E-state index is 0.0161. The van der Waals surface area contributed by atoms with E-state index in [-0.39, 0.29) is 11.8 Å². The van der Waals surface area contributed by atoms with E-state index >= 15 is 0 Å². The molecule has 0 aromatic heterocycles. The highest BCUT2D eigenvalue weighted by molar-refractivity contribution is 5.83. The molecule has 0 bridgehead atoms. The van der Waals surface area contributed by atoms with Crippen molar-refractivity contribution in [2.75, 3.05) is 7.05 Å². The topological polar surface area (TPSA) is 20.3 Å². The largest absolute Gasteiger partial charge is 0.364 e. The van der Waals surface area contributed by atoms with E-state index in [0.717, 1.165) is 12.1 Å². The van der Waals surface area contributed by atoms with E-state index in [0.29, 0.717) is 0 Å². The summed E-state index contributed by atoms with van der Waals surface area (Å²) in [7, 11) is 1.98. The number of allylic oxidation sites excluding steroid dienone is 7. The lowest BCUT2D eigenvalue weighted by atomic mass is 10.1. The van der Waals surface area contributed by atoms with Crippen molar-refractivity contribution < 1.29 is 4.79 Å². The van der Waals surface area contributed by atoms with Crippen LogP contribution in [0.15, 0.2) is 47.7 Å². The summed E-state index contributed by atoms with van der Waals surface area (Å²) in [5.41, 5.74) is 2.41. The summed E-state index contributed by atoms with van der Waals surface area (Å²) in [6, 6.07) is 0.0161. The van der Waals surface area contributed by atoms with E-state index in [1.54, 1.807) is 6.92 Å². The predicted molar refractivity (Wildman–Crippen MR) is 61.3 cm³/mol. The van der Waals surface area contributed by atoms with Gasteiger partial charge in [0.15, 0.2) is 5.78 Å². The number of likely N-dealkylation sites (tertiary alicyclic amines) is 1. The summed E-state index contributed by atoms with van der Waals surface area (Å²) >= 11 is 0. The Morgan fingerprint density at radius 3 is 2.60 bits per heavy atom. The predicted octanol–water partition coefficient (Wildman–Crippen LogP) is 2.22. The van der Waals surface area contributed by atoms with Crippen molar-refractivity contribution in [2.24, 2.45) is 0 Å². The number of carbonyl (C=O) groups is 1. The Labute approximate surface area is 90.3 Å². The summed E-state index contributed by atoms with van der Waals surface area (Å²) in [6.45, 7) is 1.66. The van der Waals surface area contributed by atoms with Gasteiger partial charge in [-0.3, -0.25) is 4.79 Å². The second-order valence-corrected chi connectivity index (χ2v) is 3.96. The number of hydrogen-bond donors (Lipinski definition) is 0. The van der Waals surface area contributed by atoms with Crippen LogP contribution in [-0.2, 0) is 4.79 Å². The molecule has 0 radical (unpaired) electrons. The molecule has 0 spiro atoms. The van der Waals surface area contributed by atoms with Crippen LogP contribution >= 0.6 is 0 Å². The average molecular weight is 201 g/mol. The van der Waals surface area contributed by atoms with Gasteiger partial charge in [-0.15, -0.1) is 0 Å². The standard InChI is InChI=1S/C13H15NO/c1-10(15)13-9-11-7-5-3-4-6-8-12(11)14(13)2/h3-8,13H,9H2,1-2H3. The highest BCUT2D eigenvalue weighted by Crippen LogP contribution is 2.32. The number of nitrogens with zero attached hydrogens (tertiary/aromatic N) is 1. The molecule has 1 atom stereocenters. The molecule has 15 heavy (non-hydrogen) atoms. The van der Waals surface area contributed by atoms with Crippen LogP contribution in [0.5, 0.6) is 0 Å². The molecule has 2 aliphatic rings. The van der Waals surface area contributed by atoms with Crippen LogP contribution in [0, 0.1) is 0 Å². The average Bonchev–Trinajstić information content (AvgIpc) is 2.42. The van der Waals surface area contributed by atoms with Gasteiger partial charge in [-0.05, 0) is 18.6 Å². The third-order valence-corrected chi connectivity index (χ3v) is 2.94. The summed E-state index contributed by atoms with van der Waals surface area (Å²) in [5, 5.41) is 0. The molecule has 1 fully saturated rings. The van der Waals surface area contributed by atoms with Crippen molar-refractivity contribution in [1.29, 1.82) is 0 Å². The molecular formula is C13H15NO. The van der Waals surface area contributed by atoms with Gasteiger partial charge in [0.1, 0.15) is 0 Å². The highest BCUT2D eigenvalue weighted by Gasteiger charge is 2.31. The Morgan fingerprint density at radius 1 is 1.27 bits per heavy atom. The van der Waals surface area contributed by atoms with E-state index in [2.05, 4.69) is 17.1 Å². The van der Waals surface area contributed by atoms with Crippen molar-refractivity contribution >= 4 is 5.78 Å². The minimum atomic E-state index is 0.0161. The quantitative estimate of drug-likeness (QED) is 0.648. The van der Waals surface area contributed by atoms with E-state index in [1.165, 1.54) is 5.57 Å². The third-order valence-electron chi connectivity index (χ3n) is 2.94. The van der Waals surface area contributed by atoms with Crippen LogP contribution in [0.1, 0.15) is 13.3 Å². The molecule has 1 aliphatic carbocycles. The van der Waals surface area contributed by atoms with Gasteiger partial charge >= 0.3 is 0 Å². The normalized spacial score (nSPS) is 24.1. The van der Waals surface area contributed by atoms with Crippen LogP contribution in [0.3, 0.4) is 0 Å². The van der Waals surface area contributed by atoms with E-state index in [4.69, 9.17) is 0 Å². The molecule has 0 N–H and O–H groups in total.